The van der Waals surface area contributed by atoms with Crippen LogP contribution in [0.25, 0.3) is 5.65 Å². The second kappa shape index (κ2) is 4.13. The molecule has 2 aromatic rings. The van der Waals surface area contributed by atoms with Crippen LogP contribution in [0.15, 0.2) is 16.7 Å². The van der Waals surface area contributed by atoms with Gasteiger partial charge < -0.3 is 5.11 Å². The Balaban J connectivity index is 2.90. The molecule has 0 fully saturated rings. The number of carbonyl (C=O) groups is 1. The largest absolute Gasteiger partial charge is 0.476 e. The fraction of sp³-hybridized carbons (Fsp3) is 0.111. The van der Waals surface area contributed by atoms with E-state index >= 15 is 0 Å². The van der Waals surface area contributed by atoms with E-state index in [1.807, 2.05) is 0 Å². The van der Waals surface area contributed by atoms with Crippen LogP contribution in [-0.4, -0.2) is 20.5 Å². The van der Waals surface area contributed by atoms with Crippen molar-refractivity contribution in [2.45, 2.75) is 6.18 Å². The van der Waals surface area contributed by atoms with Crippen LogP contribution in [0.4, 0.5) is 13.2 Å². The molecule has 96 valence electrons. The summed E-state index contributed by atoms with van der Waals surface area (Å²) in [5.74, 6) is -1.49. The molecule has 0 amide bonds. The Morgan fingerprint density at radius 3 is 2.61 bits per heavy atom. The van der Waals surface area contributed by atoms with Gasteiger partial charge in [0, 0.05) is 10.7 Å². The maximum atomic E-state index is 12.8. The molecule has 2 rings (SSSR count). The molecule has 0 saturated heterocycles. The summed E-state index contributed by atoms with van der Waals surface area (Å²) in [6.07, 6.45) is -3.47. The normalized spacial score (nSPS) is 12.1. The van der Waals surface area contributed by atoms with Gasteiger partial charge in [-0.15, -0.1) is 0 Å². The van der Waals surface area contributed by atoms with Crippen LogP contribution in [0.2, 0.25) is 5.15 Å². The zero-order chi connectivity index (χ0) is 13.7. The molecule has 9 heteroatoms. The number of hydrogen-bond donors (Lipinski definition) is 1. The number of carboxylic acids is 1. The van der Waals surface area contributed by atoms with E-state index in [0.717, 1.165) is 10.5 Å². The van der Waals surface area contributed by atoms with E-state index in [4.69, 9.17) is 16.7 Å². The van der Waals surface area contributed by atoms with Crippen LogP contribution < -0.4 is 0 Å². The summed E-state index contributed by atoms with van der Waals surface area (Å²) in [5.41, 5.74) is -2.25. The van der Waals surface area contributed by atoms with Gasteiger partial charge >= 0.3 is 12.1 Å². The van der Waals surface area contributed by atoms with Gasteiger partial charge in [-0.3, -0.25) is 4.40 Å². The van der Waals surface area contributed by atoms with Crippen molar-refractivity contribution in [2.75, 3.05) is 0 Å². The average Bonchev–Trinajstić information content (AvgIpc) is 2.53. The fourth-order valence-electron chi connectivity index (χ4n) is 1.45. The molecule has 0 aliphatic carbocycles. The lowest BCUT2D eigenvalue weighted by Crippen LogP contribution is -2.09. The number of alkyl halides is 3. The fourth-order valence-corrected chi connectivity index (χ4v) is 2.23. The summed E-state index contributed by atoms with van der Waals surface area (Å²) < 4.78 is 39.2. The van der Waals surface area contributed by atoms with Crippen molar-refractivity contribution in [1.29, 1.82) is 0 Å². The number of carboxylic acid groups (broad SMARTS) is 1. The third-order valence-corrected chi connectivity index (χ3v) is 3.19. The molecule has 0 atom stereocenters. The number of pyridine rings is 1. The summed E-state index contributed by atoms with van der Waals surface area (Å²) in [5, 5.41) is 8.40. The summed E-state index contributed by atoms with van der Waals surface area (Å²) >= 11 is 8.42. The Kier molecular flexibility index (Phi) is 3.02. The highest BCUT2D eigenvalue weighted by Gasteiger charge is 2.37. The highest BCUT2D eigenvalue weighted by Crippen LogP contribution is 2.38. The highest BCUT2D eigenvalue weighted by atomic mass is 79.9. The van der Waals surface area contributed by atoms with Crippen molar-refractivity contribution in [3.8, 4) is 0 Å². The Morgan fingerprint density at radius 1 is 1.50 bits per heavy atom. The quantitative estimate of drug-likeness (QED) is 0.862. The van der Waals surface area contributed by atoms with Crippen molar-refractivity contribution in [3.63, 3.8) is 0 Å². The second-order valence-corrected chi connectivity index (χ2v) is 4.50. The number of fused-ring (bicyclic) bond motifs is 1. The van der Waals surface area contributed by atoms with Gasteiger partial charge in [0.25, 0.3) is 0 Å². The van der Waals surface area contributed by atoms with Gasteiger partial charge in [0.15, 0.2) is 11.3 Å². The predicted octanol–water partition coefficient (Wildman–Crippen LogP) is 3.47. The van der Waals surface area contributed by atoms with Crippen LogP contribution in [-0.2, 0) is 6.18 Å². The third kappa shape index (κ3) is 1.95. The summed E-state index contributed by atoms with van der Waals surface area (Å²) in [7, 11) is 0. The lowest BCUT2D eigenvalue weighted by molar-refractivity contribution is -0.137. The first-order chi connectivity index (χ1) is 8.23. The van der Waals surface area contributed by atoms with Crippen molar-refractivity contribution in [2.24, 2.45) is 0 Å². The lowest BCUT2D eigenvalue weighted by atomic mass is 10.2. The molecule has 0 aromatic carbocycles. The van der Waals surface area contributed by atoms with Gasteiger partial charge in [-0.1, -0.05) is 11.6 Å². The smallest absolute Gasteiger partial charge is 0.421 e. The van der Waals surface area contributed by atoms with E-state index < -0.39 is 29.1 Å². The average molecular weight is 343 g/mol. The molecule has 0 radical (unpaired) electrons. The number of rotatable bonds is 1. The SMILES string of the molecule is O=C(O)c1nc2c(C(F)(F)F)c(Br)ccn2c1Cl. The van der Waals surface area contributed by atoms with E-state index in [1.54, 1.807) is 0 Å². The number of aromatic carboxylic acids is 1. The Labute approximate surface area is 111 Å². The maximum Gasteiger partial charge on any atom is 0.421 e. The molecule has 0 bridgehead atoms. The molecule has 0 aliphatic rings. The standard InChI is InChI=1S/C9H3BrClF3N2O2/c10-3-1-2-16-6(11)5(8(17)18)15-7(16)4(3)9(12,13)14/h1-2H,(H,17,18). The Morgan fingerprint density at radius 2 is 2.11 bits per heavy atom. The molecule has 0 saturated carbocycles. The number of halogens is 5. The number of aromatic nitrogens is 2. The van der Waals surface area contributed by atoms with Gasteiger partial charge in [-0.05, 0) is 22.0 Å². The first-order valence-corrected chi connectivity index (χ1v) is 5.57. The van der Waals surface area contributed by atoms with Crippen LogP contribution in [0.5, 0.6) is 0 Å². The van der Waals surface area contributed by atoms with Crippen LogP contribution >= 0.6 is 27.5 Å². The van der Waals surface area contributed by atoms with Crippen molar-refractivity contribution < 1.29 is 23.1 Å². The Bertz CT molecular complexity index is 653. The van der Waals surface area contributed by atoms with Gasteiger partial charge in [-0.25, -0.2) is 9.78 Å². The summed E-state index contributed by atoms with van der Waals surface area (Å²) in [6.45, 7) is 0. The summed E-state index contributed by atoms with van der Waals surface area (Å²) in [6, 6.07) is 1.12. The molecular weight excluding hydrogens is 340 g/mol. The van der Waals surface area contributed by atoms with Gasteiger partial charge in [0.05, 0.1) is 0 Å². The molecule has 2 heterocycles. The molecule has 4 nitrogen and oxygen atoms in total. The van der Waals surface area contributed by atoms with E-state index in [-0.39, 0.29) is 9.63 Å². The lowest BCUT2D eigenvalue weighted by Gasteiger charge is -2.10. The highest BCUT2D eigenvalue weighted by molar-refractivity contribution is 9.10. The van der Waals surface area contributed by atoms with E-state index in [1.165, 1.54) is 6.20 Å². The van der Waals surface area contributed by atoms with E-state index in [0.29, 0.717) is 0 Å². The number of hydrogen-bond acceptors (Lipinski definition) is 2. The molecular formula is C9H3BrClF3N2O2. The van der Waals surface area contributed by atoms with Crippen LogP contribution in [0.1, 0.15) is 16.1 Å². The predicted molar refractivity (Wildman–Crippen MR) is 59.9 cm³/mol. The van der Waals surface area contributed by atoms with Crippen LogP contribution in [0.3, 0.4) is 0 Å². The van der Waals surface area contributed by atoms with Gasteiger partial charge in [-0.2, -0.15) is 13.2 Å². The first kappa shape index (κ1) is 13.2. The van der Waals surface area contributed by atoms with E-state index in [2.05, 4.69) is 20.9 Å². The van der Waals surface area contributed by atoms with Gasteiger partial charge in [0.2, 0.25) is 0 Å². The van der Waals surface area contributed by atoms with Crippen molar-refractivity contribution in [3.05, 3.63) is 33.1 Å². The topological polar surface area (TPSA) is 54.6 Å². The maximum absolute atomic E-state index is 12.8. The Hall–Kier alpha value is -1.28. The van der Waals surface area contributed by atoms with Gasteiger partial charge in [0.1, 0.15) is 10.7 Å². The second-order valence-electron chi connectivity index (χ2n) is 3.29. The number of nitrogens with zero attached hydrogens (tertiary/aromatic N) is 2. The molecule has 1 N–H and O–H groups in total. The third-order valence-electron chi connectivity index (χ3n) is 2.17. The molecule has 2 aromatic heterocycles. The van der Waals surface area contributed by atoms with Crippen molar-refractivity contribution in [1.82, 2.24) is 9.38 Å². The minimum absolute atomic E-state index is 0.235. The minimum atomic E-state index is -4.67. The number of imidazole rings is 1. The van der Waals surface area contributed by atoms with Crippen molar-refractivity contribution >= 4 is 39.1 Å². The van der Waals surface area contributed by atoms with E-state index in [9.17, 15) is 18.0 Å². The van der Waals surface area contributed by atoms with Crippen LogP contribution in [0, 0.1) is 0 Å². The molecule has 18 heavy (non-hydrogen) atoms. The first-order valence-electron chi connectivity index (χ1n) is 4.40. The molecule has 0 spiro atoms. The minimum Gasteiger partial charge on any atom is -0.476 e. The monoisotopic (exact) mass is 342 g/mol. The summed E-state index contributed by atoms with van der Waals surface area (Å²) in [4.78, 5) is 14.2. The molecule has 0 unspecified atom stereocenters. The molecule has 0 aliphatic heterocycles. The zero-order valence-corrected chi connectivity index (χ0v) is 10.6. The zero-order valence-electron chi connectivity index (χ0n) is 8.29.